The summed E-state index contributed by atoms with van der Waals surface area (Å²) in [5.41, 5.74) is 0.918. The number of rotatable bonds is 5. The predicted octanol–water partition coefficient (Wildman–Crippen LogP) is 1.75. The molecule has 6 heteroatoms. The topological polar surface area (TPSA) is 63.7 Å². The first kappa shape index (κ1) is 17.9. The highest BCUT2D eigenvalue weighted by molar-refractivity contribution is 5.79. The minimum Gasteiger partial charge on any atom is -0.461 e. The fraction of sp³-hybridized carbons (Fsp3) is 0.700. The van der Waals surface area contributed by atoms with Crippen molar-refractivity contribution in [3.05, 3.63) is 30.1 Å². The average Bonchev–Trinajstić information content (AvgIpc) is 2.97. The first-order valence-corrected chi connectivity index (χ1v) is 9.88. The second-order valence-electron chi connectivity index (χ2n) is 7.93. The number of carbonyl (C=O) groups is 1. The second-order valence-corrected chi connectivity index (χ2v) is 7.93. The van der Waals surface area contributed by atoms with Gasteiger partial charge < -0.3 is 14.8 Å². The maximum atomic E-state index is 12.4. The van der Waals surface area contributed by atoms with Crippen LogP contribution in [0.25, 0.3) is 0 Å². The second kappa shape index (κ2) is 8.03. The standard InChI is InChI=1S/C20H29N3O3/c24-19-20(5-8-21-9-6-20)12-18(26-19)14-23-10-3-17(4-11-23)25-15-16-2-1-7-22-13-16/h1-2,7,13,17-18,21H,3-6,8-12,14-15H2. The molecule has 3 aliphatic rings. The normalized spacial score (nSPS) is 26.9. The van der Waals surface area contributed by atoms with Crippen molar-refractivity contribution < 1.29 is 14.3 Å². The van der Waals surface area contributed by atoms with Crippen LogP contribution in [0.5, 0.6) is 0 Å². The molecule has 0 aromatic carbocycles. The quantitative estimate of drug-likeness (QED) is 0.808. The van der Waals surface area contributed by atoms with E-state index < -0.39 is 0 Å². The summed E-state index contributed by atoms with van der Waals surface area (Å²) in [5.74, 6) is 0.0405. The lowest BCUT2D eigenvalue weighted by molar-refractivity contribution is -0.150. The van der Waals surface area contributed by atoms with Gasteiger partial charge in [0.25, 0.3) is 0 Å². The molecule has 1 unspecified atom stereocenters. The summed E-state index contributed by atoms with van der Waals surface area (Å²) in [6.07, 6.45) is 8.84. The van der Waals surface area contributed by atoms with E-state index in [0.717, 1.165) is 70.4 Å². The summed E-state index contributed by atoms with van der Waals surface area (Å²) >= 11 is 0. The summed E-state index contributed by atoms with van der Waals surface area (Å²) in [4.78, 5) is 18.9. The molecule has 4 rings (SSSR count). The van der Waals surface area contributed by atoms with Crippen LogP contribution in [-0.2, 0) is 20.9 Å². The highest BCUT2D eigenvalue weighted by Crippen LogP contribution is 2.41. The Morgan fingerprint density at radius 2 is 2.12 bits per heavy atom. The van der Waals surface area contributed by atoms with Gasteiger partial charge in [-0.3, -0.25) is 14.7 Å². The third-order valence-corrected chi connectivity index (χ3v) is 6.09. The van der Waals surface area contributed by atoms with E-state index in [9.17, 15) is 4.79 Å². The van der Waals surface area contributed by atoms with Gasteiger partial charge >= 0.3 is 5.97 Å². The zero-order valence-corrected chi connectivity index (χ0v) is 15.4. The van der Waals surface area contributed by atoms with Crippen LogP contribution in [0.2, 0.25) is 0 Å². The number of esters is 1. The number of nitrogens with zero attached hydrogens (tertiary/aromatic N) is 2. The number of cyclic esters (lactones) is 1. The van der Waals surface area contributed by atoms with E-state index in [-0.39, 0.29) is 17.5 Å². The number of hydrogen-bond acceptors (Lipinski definition) is 6. The minimum absolute atomic E-state index is 0.0405. The zero-order chi connectivity index (χ0) is 17.8. The van der Waals surface area contributed by atoms with E-state index in [1.807, 2.05) is 18.3 Å². The summed E-state index contributed by atoms with van der Waals surface area (Å²) in [6.45, 7) is 5.40. The van der Waals surface area contributed by atoms with Gasteiger partial charge in [-0.1, -0.05) is 6.07 Å². The van der Waals surface area contributed by atoms with Crippen molar-refractivity contribution in [1.29, 1.82) is 0 Å². The molecule has 1 atom stereocenters. The van der Waals surface area contributed by atoms with E-state index in [4.69, 9.17) is 9.47 Å². The Balaban J connectivity index is 1.20. The Hall–Kier alpha value is -1.50. The zero-order valence-electron chi connectivity index (χ0n) is 15.4. The summed E-state index contributed by atoms with van der Waals surface area (Å²) in [5, 5.41) is 3.35. The highest BCUT2D eigenvalue weighted by atomic mass is 16.6. The summed E-state index contributed by atoms with van der Waals surface area (Å²) < 4.78 is 11.8. The van der Waals surface area contributed by atoms with Gasteiger partial charge in [-0.25, -0.2) is 0 Å². The van der Waals surface area contributed by atoms with Crippen LogP contribution in [0.15, 0.2) is 24.5 Å². The highest BCUT2D eigenvalue weighted by Gasteiger charge is 2.49. The Morgan fingerprint density at radius 1 is 1.31 bits per heavy atom. The Morgan fingerprint density at radius 3 is 2.85 bits per heavy atom. The number of piperidine rings is 2. The molecule has 6 nitrogen and oxygen atoms in total. The van der Waals surface area contributed by atoms with Crippen LogP contribution >= 0.6 is 0 Å². The molecule has 3 fully saturated rings. The third-order valence-electron chi connectivity index (χ3n) is 6.09. The molecule has 4 heterocycles. The lowest BCUT2D eigenvalue weighted by Crippen LogP contribution is -2.41. The van der Waals surface area contributed by atoms with E-state index in [2.05, 4.69) is 15.2 Å². The monoisotopic (exact) mass is 359 g/mol. The molecule has 3 aliphatic heterocycles. The molecule has 0 saturated carbocycles. The van der Waals surface area contributed by atoms with Gasteiger partial charge in [0.1, 0.15) is 6.10 Å². The van der Waals surface area contributed by atoms with Gasteiger partial charge in [0, 0.05) is 38.4 Å². The molecule has 1 spiro atoms. The Kier molecular flexibility index (Phi) is 5.52. The predicted molar refractivity (Wildman–Crippen MR) is 97.5 cm³/mol. The number of aromatic nitrogens is 1. The molecule has 0 bridgehead atoms. The van der Waals surface area contributed by atoms with Crippen molar-refractivity contribution in [2.75, 3.05) is 32.7 Å². The summed E-state index contributed by atoms with van der Waals surface area (Å²) in [6, 6.07) is 3.99. The van der Waals surface area contributed by atoms with E-state index in [1.165, 1.54) is 0 Å². The molecule has 3 saturated heterocycles. The van der Waals surface area contributed by atoms with Gasteiger partial charge in [0.2, 0.25) is 0 Å². The van der Waals surface area contributed by atoms with Gasteiger partial charge in [0.05, 0.1) is 18.1 Å². The van der Waals surface area contributed by atoms with Gasteiger partial charge in [-0.15, -0.1) is 0 Å². The van der Waals surface area contributed by atoms with Crippen LogP contribution in [0.3, 0.4) is 0 Å². The van der Waals surface area contributed by atoms with Crippen LogP contribution in [0, 0.1) is 5.41 Å². The average molecular weight is 359 g/mol. The van der Waals surface area contributed by atoms with Gasteiger partial charge in [-0.05, 0) is 50.4 Å². The molecule has 1 N–H and O–H groups in total. The van der Waals surface area contributed by atoms with Crippen molar-refractivity contribution in [2.45, 2.75) is 50.9 Å². The number of pyridine rings is 1. The number of nitrogens with one attached hydrogen (secondary N) is 1. The molecule has 1 aromatic heterocycles. The lowest BCUT2D eigenvalue weighted by Gasteiger charge is -2.33. The van der Waals surface area contributed by atoms with Crippen LogP contribution in [0.1, 0.15) is 37.7 Å². The minimum atomic E-state index is -0.207. The third kappa shape index (κ3) is 4.08. The number of carbonyl (C=O) groups excluding carboxylic acids is 1. The number of likely N-dealkylation sites (tertiary alicyclic amines) is 1. The maximum absolute atomic E-state index is 12.4. The lowest BCUT2D eigenvalue weighted by atomic mass is 9.76. The van der Waals surface area contributed by atoms with Crippen molar-refractivity contribution in [2.24, 2.45) is 5.41 Å². The van der Waals surface area contributed by atoms with E-state index in [1.54, 1.807) is 6.20 Å². The Bertz CT molecular complexity index is 596. The maximum Gasteiger partial charge on any atom is 0.312 e. The molecule has 0 amide bonds. The fourth-order valence-corrected chi connectivity index (χ4v) is 4.50. The molecular weight excluding hydrogens is 330 g/mol. The molecule has 142 valence electrons. The SMILES string of the molecule is O=C1OC(CN2CCC(OCc3cccnc3)CC2)CC12CCNCC2. The van der Waals surface area contributed by atoms with Crippen LogP contribution in [0.4, 0.5) is 0 Å². The summed E-state index contributed by atoms with van der Waals surface area (Å²) in [7, 11) is 0. The van der Waals surface area contributed by atoms with Crippen molar-refractivity contribution in [3.8, 4) is 0 Å². The van der Waals surface area contributed by atoms with Crippen molar-refractivity contribution in [3.63, 3.8) is 0 Å². The van der Waals surface area contributed by atoms with Gasteiger partial charge in [-0.2, -0.15) is 0 Å². The smallest absolute Gasteiger partial charge is 0.312 e. The molecule has 0 aliphatic carbocycles. The molecule has 26 heavy (non-hydrogen) atoms. The molecular formula is C20H29N3O3. The largest absolute Gasteiger partial charge is 0.461 e. The van der Waals surface area contributed by atoms with Crippen LogP contribution < -0.4 is 5.32 Å². The van der Waals surface area contributed by atoms with Crippen LogP contribution in [-0.4, -0.2) is 60.8 Å². The molecule has 1 aromatic rings. The fourth-order valence-electron chi connectivity index (χ4n) is 4.50. The number of hydrogen-bond donors (Lipinski definition) is 1. The first-order chi connectivity index (χ1) is 12.7. The Labute approximate surface area is 155 Å². The van der Waals surface area contributed by atoms with E-state index in [0.29, 0.717) is 12.7 Å². The van der Waals surface area contributed by atoms with Gasteiger partial charge in [0.15, 0.2) is 0 Å². The molecule has 0 radical (unpaired) electrons. The number of ether oxygens (including phenoxy) is 2. The van der Waals surface area contributed by atoms with Crippen molar-refractivity contribution >= 4 is 5.97 Å². The van der Waals surface area contributed by atoms with E-state index >= 15 is 0 Å². The van der Waals surface area contributed by atoms with Crippen molar-refractivity contribution in [1.82, 2.24) is 15.2 Å². The first-order valence-electron chi connectivity index (χ1n) is 9.88.